The largest absolute Gasteiger partial charge is 0.337 e. The van der Waals surface area contributed by atoms with Gasteiger partial charge in [-0.15, -0.1) is 0 Å². The monoisotopic (exact) mass is 386 g/mol. The van der Waals surface area contributed by atoms with E-state index in [9.17, 15) is 13.6 Å². The Kier molecular flexibility index (Phi) is 5.16. The van der Waals surface area contributed by atoms with E-state index in [1.54, 1.807) is 29.3 Å². The van der Waals surface area contributed by atoms with Crippen LogP contribution in [0.1, 0.15) is 17.8 Å². The van der Waals surface area contributed by atoms with Crippen molar-refractivity contribution in [2.45, 2.75) is 13.0 Å². The molecule has 1 aliphatic heterocycles. The summed E-state index contributed by atoms with van der Waals surface area (Å²) in [4.78, 5) is 27.1. The average molecular weight is 386 g/mol. The maximum Gasteiger partial charge on any atom is 0.321 e. The lowest BCUT2D eigenvalue weighted by molar-refractivity contribution is 0.141. The predicted molar refractivity (Wildman–Crippen MR) is 101 cm³/mol. The molecule has 0 saturated carbocycles. The van der Waals surface area contributed by atoms with Gasteiger partial charge in [-0.25, -0.2) is 18.6 Å². The molecule has 4 rings (SSSR count). The van der Waals surface area contributed by atoms with Crippen molar-refractivity contribution < 1.29 is 13.6 Å². The highest BCUT2D eigenvalue weighted by molar-refractivity contribution is 5.92. The molecule has 0 bridgehead atoms. The molecule has 1 saturated heterocycles. The summed E-state index contributed by atoms with van der Waals surface area (Å²) in [6.45, 7) is 3.60. The van der Waals surface area contributed by atoms with Crippen LogP contribution in [-0.4, -0.2) is 57.0 Å². The van der Waals surface area contributed by atoms with E-state index in [1.807, 2.05) is 18.3 Å². The van der Waals surface area contributed by atoms with E-state index in [0.717, 1.165) is 25.2 Å². The van der Waals surface area contributed by atoms with Gasteiger partial charge in [0.25, 0.3) is 6.43 Å². The van der Waals surface area contributed by atoms with Crippen LogP contribution in [0.2, 0.25) is 0 Å². The van der Waals surface area contributed by atoms with Gasteiger partial charge in [-0.2, -0.15) is 0 Å². The second kappa shape index (κ2) is 7.89. The number of piperazine rings is 1. The lowest BCUT2D eigenvalue weighted by atomic mass is 10.2. The Labute approximate surface area is 160 Å². The van der Waals surface area contributed by atoms with Crippen LogP contribution >= 0.6 is 0 Å². The summed E-state index contributed by atoms with van der Waals surface area (Å²) < 4.78 is 25.5. The number of benzene rings is 1. The number of H-pyrrole nitrogens is 1. The molecule has 1 aromatic carbocycles. The molecule has 1 aliphatic rings. The first-order chi connectivity index (χ1) is 13.6. The van der Waals surface area contributed by atoms with Crippen molar-refractivity contribution in [3.8, 4) is 0 Å². The molecule has 3 aromatic rings. The number of aromatic amines is 1. The van der Waals surface area contributed by atoms with Crippen LogP contribution in [0.15, 0.2) is 42.7 Å². The Balaban J connectivity index is 1.33. The number of rotatable bonds is 4. The van der Waals surface area contributed by atoms with Gasteiger partial charge in [-0.3, -0.25) is 9.88 Å². The number of hydrogen-bond donors (Lipinski definition) is 2. The van der Waals surface area contributed by atoms with Crippen LogP contribution in [0.5, 0.6) is 0 Å². The summed E-state index contributed by atoms with van der Waals surface area (Å²) in [5.41, 5.74) is 2.60. The van der Waals surface area contributed by atoms with E-state index < -0.39 is 6.43 Å². The van der Waals surface area contributed by atoms with Crippen molar-refractivity contribution >= 4 is 22.8 Å². The number of carbonyl (C=O) groups excluding carboxylic acids is 1. The predicted octanol–water partition coefficient (Wildman–Crippen LogP) is 3.25. The van der Waals surface area contributed by atoms with Gasteiger partial charge in [0, 0.05) is 50.8 Å². The number of amides is 2. The number of nitrogens with one attached hydrogen (secondary N) is 2. The van der Waals surface area contributed by atoms with E-state index in [2.05, 4.69) is 25.2 Å². The third kappa shape index (κ3) is 4.09. The Morgan fingerprint density at radius 1 is 1.21 bits per heavy atom. The SMILES string of the molecule is O=C(Nc1ccc2nc(C(F)F)[nH]c2c1)N1CCN(Cc2cccnc2)CC1. The van der Waals surface area contributed by atoms with Gasteiger partial charge < -0.3 is 15.2 Å². The Morgan fingerprint density at radius 3 is 2.75 bits per heavy atom. The Morgan fingerprint density at radius 2 is 2.04 bits per heavy atom. The molecule has 2 N–H and O–H groups in total. The van der Waals surface area contributed by atoms with Crippen LogP contribution in [-0.2, 0) is 6.54 Å². The zero-order chi connectivity index (χ0) is 19.5. The van der Waals surface area contributed by atoms with Crippen molar-refractivity contribution in [1.82, 2.24) is 24.8 Å². The van der Waals surface area contributed by atoms with E-state index in [0.29, 0.717) is 29.8 Å². The molecule has 28 heavy (non-hydrogen) atoms. The van der Waals surface area contributed by atoms with Crippen LogP contribution in [0, 0.1) is 0 Å². The van der Waals surface area contributed by atoms with Crippen molar-refractivity contribution in [3.63, 3.8) is 0 Å². The fourth-order valence-corrected chi connectivity index (χ4v) is 3.27. The highest BCUT2D eigenvalue weighted by Gasteiger charge is 2.21. The van der Waals surface area contributed by atoms with Gasteiger partial charge in [0.15, 0.2) is 5.82 Å². The van der Waals surface area contributed by atoms with Crippen molar-refractivity contribution in [1.29, 1.82) is 0 Å². The van der Waals surface area contributed by atoms with Crippen LogP contribution in [0.4, 0.5) is 19.3 Å². The first kappa shape index (κ1) is 18.3. The minimum Gasteiger partial charge on any atom is -0.337 e. The van der Waals surface area contributed by atoms with Crippen molar-refractivity contribution in [3.05, 3.63) is 54.1 Å². The first-order valence-corrected chi connectivity index (χ1v) is 9.03. The highest BCUT2D eigenvalue weighted by atomic mass is 19.3. The van der Waals surface area contributed by atoms with Crippen LogP contribution in [0.25, 0.3) is 11.0 Å². The molecule has 9 heteroatoms. The van der Waals surface area contributed by atoms with E-state index in [1.165, 1.54) is 0 Å². The number of urea groups is 1. The number of pyridine rings is 1. The van der Waals surface area contributed by atoms with Gasteiger partial charge in [0.05, 0.1) is 11.0 Å². The molecular weight excluding hydrogens is 366 g/mol. The minimum atomic E-state index is -2.66. The zero-order valence-corrected chi connectivity index (χ0v) is 15.1. The molecule has 146 valence electrons. The molecule has 2 aromatic heterocycles. The standard InChI is InChI=1S/C19H20F2N6O/c20-17(21)18-24-15-4-3-14(10-16(15)25-18)23-19(28)27-8-6-26(7-9-27)12-13-2-1-5-22-11-13/h1-5,10-11,17H,6-9,12H2,(H,23,28)(H,24,25). The van der Waals surface area contributed by atoms with E-state index in [-0.39, 0.29) is 11.9 Å². The smallest absolute Gasteiger partial charge is 0.321 e. The summed E-state index contributed by atoms with van der Waals surface area (Å²) in [6, 6.07) is 8.64. The second-order valence-corrected chi connectivity index (χ2v) is 6.71. The molecular formula is C19H20F2N6O. The van der Waals surface area contributed by atoms with E-state index in [4.69, 9.17) is 0 Å². The van der Waals surface area contributed by atoms with Crippen molar-refractivity contribution in [2.75, 3.05) is 31.5 Å². The average Bonchev–Trinajstić information content (AvgIpc) is 3.13. The highest BCUT2D eigenvalue weighted by Crippen LogP contribution is 2.22. The third-order valence-corrected chi connectivity index (χ3v) is 4.75. The molecule has 0 atom stereocenters. The minimum absolute atomic E-state index is 0.200. The van der Waals surface area contributed by atoms with E-state index >= 15 is 0 Å². The number of imidazole rings is 1. The van der Waals surface area contributed by atoms with Crippen molar-refractivity contribution in [2.24, 2.45) is 0 Å². The van der Waals surface area contributed by atoms with Crippen LogP contribution < -0.4 is 5.32 Å². The normalized spacial score (nSPS) is 15.3. The number of fused-ring (bicyclic) bond motifs is 1. The number of aromatic nitrogens is 3. The van der Waals surface area contributed by atoms with Gasteiger partial charge in [0.2, 0.25) is 0 Å². The lowest BCUT2D eigenvalue weighted by Crippen LogP contribution is -2.49. The van der Waals surface area contributed by atoms with Crippen LogP contribution in [0.3, 0.4) is 0 Å². The maximum atomic E-state index is 12.8. The number of halogens is 2. The number of nitrogens with zero attached hydrogens (tertiary/aromatic N) is 4. The second-order valence-electron chi connectivity index (χ2n) is 6.71. The Bertz CT molecular complexity index is 953. The number of anilines is 1. The summed E-state index contributed by atoms with van der Waals surface area (Å²) in [5.74, 6) is -0.372. The summed E-state index contributed by atoms with van der Waals surface area (Å²) in [7, 11) is 0. The zero-order valence-electron chi connectivity index (χ0n) is 15.1. The molecule has 0 aliphatic carbocycles. The third-order valence-electron chi connectivity index (χ3n) is 4.75. The number of carbonyl (C=O) groups is 1. The first-order valence-electron chi connectivity index (χ1n) is 9.03. The topological polar surface area (TPSA) is 77.2 Å². The molecule has 0 radical (unpaired) electrons. The molecule has 1 fully saturated rings. The molecule has 3 heterocycles. The quantitative estimate of drug-likeness (QED) is 0.722. The van der Waals surface area contributed by atoms with Gasteiger partial charge in [0.1, 0.15) is 0 Å². The van der Waals surface area contributed by atoms with Gasteiger partial charge in [-0.05, 0) is 29.8 Å². The lowest BCUT2D eigenvalue weighted by Gasteiger charge is -2.34. The summed E-state index contributed by atoms with van der Waals surface area (Å²) in [5, 5.41) is 2.83. The fraction of sp³-hybridized carbons (Fsp3) is 0.316. The molecule has 7 nitrogen and oxygen atoms in total. The fourth-order valence-electron chi connectivity index (χ4n) is 3.27. The molecule has 0 unspecified atom stereocenters. The summed E-state index contributed by atoms with van der Waals surface area (Å²) >= 11 is 0. The number of hydrogen-bond acceptors (Lipinski definition) is 4. The number of alkyl halides is 2. The van der Waals surface area contributed by atoms with Gasteiger partial charge in [-0.1, -0.05) is 6.07 Å². The molecule has 0 spiro atoms. The Hall–Kier alpha value is -3.07. The maximum absolute atomic E-state index is 12.8. The molecule has 2 amide bonds. The van der Waals surface area contributed by atoms with Gasteiger partial charge >= 0.3 is 6.03 Å². The summed E-state index contributed by atoms with van der Waals surface area (Å²) in [6.07, 6.45) is 0.943.